The molecule has 0 spiro atoms. The second-order valence-electron chi connectivity index (χ2n) is 8.48. The molecule has 1 fully saturated rings. The zero-order valence-electron chi connectivity index (χ0n) is 22.0. The average Bonchev–Trinajstić information content (AvgIpc) is 3.44. The van der Waals surface area contributed by atoms with Crippen LogP contribution in [0.5, 0.6) is 5.75 Å². The Hall–Kier alpha value is -3.11. The molecule has 1 saturated heterocycles. The molecule has 1 atom stereocenters. The molecule has 0 aliphatic carbocycles. The molecule has 4 heteroatoms. The highest BCUT2D eigenvalue weighted by molar-refractivity contribution is 5.91. The molecule has 2 aliphatic rings. The second-order valence-corrected chi connectivity index (χ2v) is 8.48. The van der Waals surface area contributed by atoms with Gasteiger partial charge in [0, 0.05) is 24.9 Å². The number of hydrogen-bond donors (Lipinski definition) is 1. The first-order valence-electron chi connectivity index (χ1n) is 13.1. The van der Waals surface area contributed by atoms with Gasteiger partial charge in [-0.15, -0.1) is 0 Å². The number of benzene rings is 3. The zero-order valence-corrected chi connectivity index (χ0v) is 18.0. The summed E-state index contributed by atoms with van der Waals surface area (Å²) < 4.78 is 39.4. The van der Waals surface area contributed by atoms with E-state index in [2.05, 4.69) is 0 Å². The molecule has 1 amide bonds. The van der Waals surface area contributed by atoms with Crippen LogP contribution in [0.3, 0.4) is 0 Å². The van der Waals surface area contributed by atoms with Crippen LogP contribution in [-0.2, 0) is 23.0 Å². The minimum Gasteiger partial charge on any atom is -0.493 e. The second kappa shape index (κ2) is 8.79. The van der Waals surface area contributed by atoms with Crippen molar-refractivity contribution in [2.75, 3.05) is 26.2 Å². The number of primary amides is 1. The molecule has 0 saturated carbocycles. The number of carbonyl (C=O) groups excluding carboxylic acids is 1. The lowest BCUT2D eigenvalue weighted by atomic mass is 9.64. The van der Waals surface area contributed by atoms with Crippen LogP contribution in [0.15, 0.2) is 78.9 Å². The van der Waals surface area contributed by atoms with Crippen LogP contribution < -0.4 is 10.5 Å². The number of rotatable bonds is 7. The maximum absolute atomic E-state index is 13.3. The van der Waals surface area contributed by atoms with E-state index in [1.807, 2.05) is 65.6 Å². The summed E-state index contributed by atoms with van der Waals surface area (Å²) in [6, 6.07) is 24.2. The summed E-state index contributed by atoms with van der Waals surface area (Å²) in [7, 11) is 0. The maximum Gasteiger partial charge on any atom is 0.232 e. The highest BCUT2D eigenvalue weighted by atomic mass is 16.5. The van der Waals surface area contributed by atoms with Crippen molar-refractivity contribution in [1.29, 1.82) is 0 Å². The molecular formula is C28H30N2O2. The summed E-state index contributed by atoms with van der Waals surface area (Å²) in [4.78, 5) is 15.3. The summed E-state index contributed by atoms with van der Waals surface area (Å²) in [6.07, 6.45) is -2.65. The molecule has 0 radical (unpaired) electrons. The number of fused-ring (bicyclic) bond motifs is 1. The first kappa shape index (κ1) is 16.5. The SMILES string of the molecule is [2H]C([2H])(CN1CC[C@@H](C(C(N)=O)(c2ccccc2)c2ccccc2)C1)c1ccc2c(c1)C([2H])([2H])CO2. The minimum atomic E-state index is -1.71. The number of nitrogens with two attached hydrogens (primary N) is 1. The van der Waals surface area contributed by atoms with Gasteiger partial charge < -0.3 is 15.4 Å². The molecule has 32 heavy (non-hydrogen) atoms. The van der Waals surface area contributed by atoms with E-state index in [1.54, 1.807) is 18.2 Å². The molecule has 2 aliphatic heterocycles. The largest absolute Gasteiger partial charge is 0.493 e. The molecule has 0 bridgehead atoms. The fraction of sp³-hybridized carbons (Fsp3) is 0.321. The topological polar surface area (TPSA) is 55.6 Å². The maximum atomic E-state index is 13.3. The molecule has 2 N–H and O–H groups in total. The first-order valence-corrected chi connectivity index (χ1v) is 11.1. The fourth-order valence-electron chi connectivity index (χ4n) is 5.15. The van der Waals surface area contributed by atoms with Gasteiger partial charge in [-0.2, -0.15) is 0 Å². The highest BCUT2D eigenvalue weighted by Gasteiger charge is 2.49. The predicted octanol–water partition coefficient (Wildman–Crippen LogP) is 3.96. The predicted molar refractivity (Wildman–Crippen MR) is 127 cm³/mol. The summed E-state index contributed by atoms with van der Waals surface area (Å²) in [5.41, 5.74) is 7.66. The number of amides is 1. The summed E-state index contributed by atoms with van der Waals surface area (Å²) in [6.45, 7) is 1.22. The van der Waals surface area contributed by atoms with Gasteiger partial charge in [0.2, 0.25) is 5.91 Å². The molecule has 164 valence electrons. The Balaban J connectivity index is 1.44. The van der Waals surface area contributed by atoms with Crippen molar-refractivity contribution >= 4 is 5.91 Å². The van der Waals surface area contributed by atoms with Gasteiger partial charge in [-0.1, -0.05) is 72.8 Å². The van der Waals surface area contributed by atoms with Gasteiger partial charge in [-0.25, -0.2) is 0 Å². The molecule has 4 nitrogen and oxygen atoms in total. The molecule has 2 heterocycles. The van der Waals surface area contributed by atoms with Gasteiger partial charge in [0.25, 0.3) is 0 Å². The molecule has 0 aromatic heterocycles. The summed E-state index contributed by atoms with van der Waals surface area (Å²) in [5.74, 6) is -0.0634. The Kier molecular flexibility index (Phi) is 4.54. The van der Waals surface area contributed by atoms with Crippen LogP contribution in [0.25, 0.3) is 0 Å². The van der Waals surface area contributed by atoms with Crippen molar-refractivity contribution in [3.63, 3.8) is 0 Å². The van der Waals surface area contributed by atoms with Crippen LogP contribution in [-0.4, -0.2) is 37.0 Å². The van der Waals surface area contributed by atoms with E-state index in [0.717, 1.165) is 11.1 Å². The van der Waals surface area contributed by atoms with Gasteiger partial charge in [-0.3, -0.25) is 4.79 Å². The standard InChI is InChI=1S/C28H30N2O2/c29-27(31)28(23-7-3-1-4-8-23,24-9-5-2-6-10-24)25-14-17-30(20-25)16-13-21-11-12-26-22(19-21)15-18-32-26/h1-12,19,25H,13-18,20H2,(H2,29,31)/t25-/m1/s1/i13D2,15D2. The van der Waals surface area contributed by atoms with Gasteiger partial charge in [0.15, 0.2) is 0 Å². The Morgan fingerprint density at radius 3 is 2.44 bits per heavy atom. The Bertz CT molecular complexity index is 1210. The Labute approximate surface area is 195 Å². The normalized spacial score (nSPS) is 22.2. The van der Waals surface area contributed by atoms with Crippen molar-refractivity contribution in [2.24, 2.45) is 11.7 Å². The van der Waals surface area contributed by atoms with Gasteiger partial charge in [-0.05, 0) is 53.6 Å². The lowest BCUT2D eigenvalue weighted by Crippen LogP contribution is -2.49. The Morgan fingerprint density at radius 2 is 1.78 bits per heavy atom. The number of ether oxygens (including phenoxy) is 1. The molecule has 0 unspecified atom stereocenters. The van der Waals surface area contributed by atoms with E-state index >= 15 is 0 Å². The number of likely N-dealkylation sites (tertiary alicyclic amines) is 1. The van der Waals surface area contributed by atoms with Crippen LogP contribution in [0.1, 0.15) is 34.2 Å². The zero-order chi connectivity index (χ0) is 25.6. The molecule has 3 aromatic rings. The van der Waals surface area contributed by atoms with Gasteiger partial charge in [0.05, 0.1) is 6.61 Å². The van der Waals surface area contributed by atoms with E-state index in [-0.39, 0.29) is 19.1 Å². The minimum absolute atomic E-state index is 0.0588. The third-order valence-corrected chi connectivity index (χ3v) is 6.71. The van der Waals surface area contributed by atoms with Crippen molar-refractivity contribution in [3.8, 4) is 5.75 Å². The number of carbonyl (C=O) groups is 1. The van der Waals surface area contributed by atoms with Gasteiger partial charge >= 0.3 is 0 Å². The van der Waals surface area contributed by atoms with Crippen LogP contribution in [0, 0.1) is 5.92 Å². The van der Waals surface area contributed by atoms with E-state index in [9.17, 15) is 4.79 Å². The smallest absolute Gasteiger partial charge is 0.232 e. The molecule has 5 rings (SSSR count). The third-order valence-electron chi connectivity index (χ3n) is 6.71. The summed E-state index contributed by atoms with van der Waals surface area (Å²) in [5, 5.41) is 0. The van der Waals surface area contributed by atoms with E-state index in [0.29, 0.717) is 36.4 Å². The van der Waals surface area contributed by atoms with Crippen molar-refractivity contribution in [2.45, 2.75) is 24.6 Å². The van der Waals surface area contributed by atoms with E-state index in [4.69, 9.17) is 16.0 Å². The van der Waals surface area contributed by atoms with Gasteiger partial charge in [0.1, 0.15) is 11.2 Å². The van der Waals surface area contributed by atoms with Crippen LogP contribution in [0.4, 0.5) is 0 Å². The van der Waals surface area contributed by atoms with Crippen LogP contribution in [0.2, 0.25) is 0 Å². The number of nitrogens with zero attached hydrogens (tertiary/aromatic N) is 1. The molecule has 3 aromatic carbocycles. The third kappa shape index (κ3) is 3.69. The van der Waals surface area contributed by atoms with Crippen molar-refractivity contribution < 1.29 is 15.0 Å². The monoisotopic (exact) mass is 430 g/mol. The highest BCUT2D eigenvalue weighted by Crippen LogP contribution is 2.43. The summed E-state index contributed by atoms with van der Waals surface area (Å²) >= 11 is 0. The molecular weight excluding hydrogens is 396 g/mol. The Morgan fingerprint density at radius 1 is 1.09 bits per heavy atom. The first-order chi connectivity index (χ1) is 17.1. The average molecular weight is 431 g/mol. The number of hydrogen-bond acceptors (Lipinski definition) is 3. The van der Waals surface area contributed by atoms with E-state index < -0.39 is 24.1 Å². The van der Waals surface area contributed by atoms with Crippen molar-refractivity contribution in [3.05, 3.63) is 101 Å². The quantitative estimate of drug-likeness (QED) is 0.617. The van der Waals surface area contributed by atoms with E-state index in [1.165, 1.54) is 0 Å². The lowest BCUT2D eigenvalue weighted by Gasteiger charge is -2.37. The van der Waals surface area contributed by atoms with Crippen LogP contribution >= 0.6 is 0 Å². The lowest BCUT2D eigenvalue weighted by molar-refractivity contribution is -0.123. The fourth-order valence-corrected chi connectivity index (χ4v) is 5.15. The van der Waals surface area contributed by atoms with Crippen molar-refractivity contribution in [1.82, 2.24) is 4.90 Å².